The normalized spacial score (nSPS) is 10.2. The van der Waals surface area contributed by atoms with Gasteiger partial charge in [-0.1, -0.05) is 12.1 Å². The minimum absolute atomic E-state index is 0.522. The topological polar surface area (TPSA) is 65.4 Å². The molecule has 0 bridgehead atoms. The van der Waals surface area contributed by atoms with Crippen LogP contribution in [0, 0.1) is 17.3 Å². The molecule has 0 aliphatic rings. The van der Waals surface area contributed by atoms with E-state index in [0.717, 1.165) is 16.8 Å². The van der Waals surface area contributed by atoms with Gasteiger partial charge in [0.05, 0.1) is 23.0 Å². The summed E-state index contributed by atoms with van der Waals surface area (Å²) < 4.78 is 12.8. The number of H-pyrrole nitrogens is 1. The van der Waals surface area contributed by atoms with Gasteiger partial charge in [0.15, 0.2) is 0 Å². The van der Waals surface area contributed by atoms with E-state index in [9.17, 15) is 4.39 Å². The van der Waals surface area contributed by atoms with Crippen molar-refractivity contribution in [2.75, 3.05) is 0 Å². The summed E-state index contributed by atoms with van der Waals surface area (Å²) in [5, 5.41) is 16.0. The Labute approximate surface area is 114 Å². The molecule has 0 fully saturated rings. The molecule has 0 amide bonds. The molecule has 96 valence electrons. The van der Waals surface area contributed by atoms with E-state index in [0.29, 0.717) is 11.3 Å². The minimum atomic E-state index is -0.522. The minimum Gasteiger partial charge on any atom is -0.277 e. The van der Waals surface area contributed by atoms with Gasteiger partial charge in [0, 0.05) is 17.3 Å². The molecule has 3 aromatic rings. The molecule has 0 radical (unpaired) electrons. The summed E-state index contributed by atoms with van der Waals surface area (Å²) in [4.78, 5) is 3.60. The molecule has 2 heterocycles. The molecule has 4 nitrogen and oxygen atoms in total. The van der Waals surface area contributed by atoms with E-state index >= 15 is 0 Å². The molecule has 5 heteroatoms. The van der Waals surface area contributed by atoms with Gasteiger partial charge < -0.3 is 0 Å². The summed E-state index contributed by atoms with van der Waals surface area (Å²) in [6, 6.07) is 14.1. The van der Waals surface area contributed by atoms with Gasteiger partial charge in [0.25, 0.3) is 0 Å². The van der Waals surface area contributed by atoms with Gasteiger partial charge in [-0.2, -0.15) is 14.8 Å². The van der Waals surface area contributed by atoms with Crippen molar-refractivity contribution in [3.63, 3.8) is 0 Å². The highest BCUT2D eigenvalue weighted by molar-refractivity contribution is 5.68. The van der Waals surface area contributed by atoms with Crippen LogP contribution < -0.4 is 0 Å². The van der Waals surface area contributed by atoms with E-state index in [2.05, 4.69) is 21.3 Å². The quantitative estimate of drug-likeness (QED) is 0.723. The first-order valence-corrected chi connectivity index (χ1v) is 5.94. The lowest BCUT2D eigenvalue weighted by Gasteiger charge is -1.96. The highest BCUT2D eigenvalue weighted by atomic mass is 19.1. The molecule has 0 spiro atoms. The second-order valence-corrected chi connectivity index (χ2v) is 4.23. The number of aromatic amines is 1. The third-order valence-electron chi connectivity index (χ3n) is 2.90. The standard InChI is InChI=1S/C15H9FN4/c16-15-5-4-12(9-18-15)14-7-13(19-20-14)11-3-1-2-10(6-11)8-17/h1-7,9H,(H,19,20). The van der Waals surface area contributed by atoms with Gasteiger partial charge in [-0.25, -0.2) is 4.98 Å². The predicted molar refractivity (Wildman–Crippen MR) is 71.9 cm³/mol. The first kappa shape index (κ1) is 12.1. The molecule has 20 heavy (non-hydrogen) atoms. The number of hydrogen-bond acceptors (Lipinski definition) is 3. The maximum Gasteiger partial charge on any atom is 0.212 e. The van der Waals surface area contributed by atoms with Crippen molar-refractivity contribution in [2.24, 2.45) is 0 Å². The van der Waals surface area contributed by atoms with Crippen LogP contribution in [0.5, 0.6) is 0 Å². The number of benzene rings is 1. The Bertz CT molecular complexity index is 784. The summed E-state index contributed by atoms with van der Waals surface area (Å²) in [6.45, 7) is 0. The van der Waals surface area contributed by atoms with Gasteiger partial charge in [0.1, 0.15) is 0 Å². The number of aromatic nitrogens is 3. The Morgan fingerprint density at radius 3 is 2.75 bits per heavy atom. The van der Waals surface area contributed by atoms with E-state index in [-0.39, 0.29) is 0 Å². The second kappa shape index (κ2) is 4.94. The predicted octanol–water partition coefficient (Wildman–Crippen LogP) is 3.15. The molecule has 1 aromatic carbocycles. The molecule has 1 N–H and O–H groups in total. The molecule has 0 aliphatic carbocycles. The van der Waals surface area contributed by atoms with Crippen LogP contribution in [0.4, 0.5) is 4.39 Å². The van der Waals surface area contributed by atoms with Gasteiger partial charge >= 0.3 is 0 Å². The van der Waals surface area contributed by atoms with Crippen LogP contribution in [0.1, 0.15) is 5.56 Å². The smallest absolute Gasteiger partial charge is 0.212 e. The van der Waals surface area contributed by atoms with Crippen LogP contribution in [0.25, 0.3) is 22.5 Å². The largest absolute Gasteiger partial charge is 0.277 e. The maximum atomic E-state index is 12.8. The third-order valence-corrected chi connectivity index (χ3v) is 2.90. The average molecular weight is 264 g/mol. The fourth-order valence-electron chi connectivity index (χ4n) is 1.90. The lowest BCUT2D eigenvalue weighted by atomic mass is 10.1. The van der Waals surface area contributed by atoms with Crippen LogP contribution >= 0.6 is 0 Å². The molecular weight excluding hydrogens is 255 g/mol. The highest BCUT2D eigenvalue weighted by Gasteiger charge is 2.07. The number of nitriles is 1. The third kappa shape index (κ3) is 2.27. The number of hydrogen-bond donors (Lipinski definition) is 1. The second-order valence-electron chi connectivity index (χ2n) is 4.23. The zero-order valence-corrected chi connectivity index (χ0v) is 10.3. The lowest BCUT2D eigenvalue weighted by molar-refractivity contribution is 0.584. The fraction of sp³-hybridized carbons (Fsp3) is 0. The first-order chi connectivity index (χ1) is 9.76. The van der Waals surface area contributed by atoms with Gasteiger partial charge in [-0.05, 0) is 30.3 Å². The Morgan fingerprint density at radius 2 is 2.00 bits per heavy atom. The number of rotatable bonds is 2. The van der Waals surface area contributed by atoms with Crippen molar-refractivity contribution >= 4 is 0 Å². The number of nitrogens with zero attached hydrogens (tertiary/aromatic N) is 3. The van der Waals surface area contributed by atoms with E-state index < -0.39 is 5.95 Å². The van der Waals surface area contributed by atoms with Crippen molar-refractivity contribution in [1.82, 2.24) is 15.2 Å². The number of halogens is 1. The van der Waals surface area contributed by atoms with Crippen LogP contribution in [0.3, 0.4) is 0 Å². The SMILES string of the molecule is N#Cc1cccc(-c2cc(-c3ccc(F)nc3)n[nH]2)c1. The van der Waals surface area contributed by atoms with Crippen molar-refractivity contribution in [1.29, 1.82) is 5.26 Å². The van der Waals surface area contributed by atoms with Crippen molar-refractivity contribution < 1.29 is 4.39 Å². The molecule has 3 rings (SSSR count). The van der Waals surface area contributed by atoms with E-state index in [1.807, 2.05) is 18.2 Å². The van der Waals surface area contributed by atoms with Crippen molar-refractivity contribution in [3.05, 3.63) is 60.2 Å². The summed E-state index contributed by atoms with van der Waals surface area (Å²) in [7, 11) is 0. The molecule has 0 atom stereocenters. The van der Waals surface area contributed by atoms with E-state index in [4.69, 9.17) is 5.26 Å². The first-order valence-electron chi connectivity index (χ1n) is 5.94. The Hall–Kier alpha value is -3.00. The van der Waals surface area contributed by atoms with Gasteiger partial charge in [-0.15, -0.1) is 0 Å². The Balaban J connectivity index is 1.97. The average Bonchev–Trinajstić information content (AvgIpc) is 2.98. The maximum absolute atomic E-state index is 12.8. The van der Waals surface area contributed by atoms with Crippen LogP contribution in [0.2, 0.25) is 0 Å². The monoisotopic (exact) mass is 264 g/mol. The number of nitrogens with one attached hydrogen (secondary N) is 1. The summed E-state index contributed by atoms with van der Waals surface area (Å²) in [5.74, 6) is -0.522. The zero-order chi connectivity index (χ0) is 13.9. The lowest BCUT2D eigenvalue weighted by Crippen LogP contribution is -1.83. The van der Waals surface area contributed by atoms with Gasteiger partial charge in [-0.3, -0.25) is 5.10 Å². The van der Waals surface area contributed by atoms with Crippen molar-refractivity contribution in [3.8, 4) is 28.6 Å². The highest BCUT2D eigenvalue weighted by Crippen LogP contribution is 2.23. The van der Waals surface area contributed by atoms with Gasteiger partial charge in [0.2, 0.25) is 5.95 Å². The fourth-order valence-corrected chi connectivity index (χ4v) is 1.90. The molecule has 0 aliphatic heterocycles. The zero-order valence-electron chi connectivity index (χ0n) is 10.3. The molecule has 0 saturated heterocycles. The molecule has 0 saturated carbocycles. The van der Waals surface area contributed by atoms with E-state index in [1.165, 1.54) is 12.3 Å². The summed E-state index contributed by atoms with van der Waals surface area (Å²) in [5.41, 5.74) is 3.65. The molecule has 2 aromatic heterocycles. The van der Waals surface area contributed by atoms with Crippen molar-refractivity contribution in [2.45, 2.75) is 0 Å². The Kier molecular flexibility index (Phi) is 2.98. The Morgan fingerprint density at radius 1 is 1.10 bits per heavy atom. The summed E-state index contributed by atoms with van der Waals surface area (Å²) in [6.07, 6.45) is 1.43. The summed E-state index contributed by atoms with van der Waals surface area (Å²) >= 11 is 0. The van der Waals surface area contributed by atoms with Crippen LogP contribution in [-0.2, 0) is 0 Å². The molecule has 0 unspecified atom stereocenters. The molecular formula is C15H9FN4. The van der Waals surface area contributed by atoms with Crippen LogP contribution in [-0.4, -0.2) is 15.2 Å². The van der Waals surface area contributed by atoms with E-state index in [1.54, 1.807) is 18.2 Å². The van der Waals surface area contributed by atoms with Crippen LogP contribution in [0.15, 0.2) is 48.7 Å². The number of pyridine rings is 1.